The van der Waals surface area contributed by atoms with Crippen LogP contribution in [0.25, 0.3) is 0 Å². The van der Waals surface area contributed by atoms with Crippen molar-refractivity contribution in [3.8, 4) is 0 Å². The van der Waals surface area contributed by atoms with Crippen LogP contribution in [0.1, 0.15) is 6.92 Å². The first-order valence-electron chi connectivity index (χ1n) is 3.33. The minimum absolute atomic E-state index is 0.604. The van der Waals surface area contributed by atoms with Crippen molar-refractivity contribution in [3.05, 3.63) is 12.2 Å². The summed E-state index contributed by atoms with van der Waals surface area (Å²) in [6.45, 7) is 1.36. The molecule has 0 bridgehead atoms. The summed E-state index contributed by atoms with van der Waals surface area (Å²) in [4.78, 5) is 20.8. The monoisotopic (exact) mass is 173 g/mol. The highest BCUT2D eigenvalue weighted by atomic mass is 16.4. The van der Waals surface area contributed by atoms with Crippen LogP contribution < -0.4 is 5.73 Å². The second kappa shape index (κ2) is 4.63. The lowest BCUT2D eigenvalue weighted by molar-refractivity contribution is -0.131. The summed E-state index contributed by atoms with van der Waals surface area (Å²) in [5.74, 6) is -1.83. The first kappa shape index (κ1) is 10.8. The van der Waals surface area contributed by atoms with Gasteiger partial charge in [-0.25, -0.2) is 4.79 Å². The van der Waals surface area contributed by atoms with Crippen LogP contribution >= 0.6 is 0 Å². The summed E-state index contributed by atoms with van der Waals surface area (Å²) >= 11 is 0. The van der Waals surface area contributed by atoms with Gasteiger partial charge in [0.25, 0.3) is 0 Å². The molecule has 0 fully saturated rings. The molecule has 5 heteroatoms. The van der Waals surface area contributed by atoms with Gasteiger partial charge in [-0.15, -0.1) is 0 Å². The summed E-state index contributed by atoms with van der Waals surface area (Å²) in [5, 5.41) is 17.0. The highest BCUT2D eigenvalue weighted by Gasteiger charge is 2.15. The van der Waals surface area contributed by atoms with E-state index >= 15 is 0 Å². The molecule has 0 amide bonds. The van der Waals surface area contributed by atoms with Gasteiger partial charge in [0.1, 0.15) is 0 Å². The Balaban J connectivity index is 4.13. The van der Waals surface area contributed by atoms with Crippen LogP contribution in [0, 0.1) is 0 Å². The van der Waals surface area contributed by atoms with E-state index in [9.17, 15) is 9.59 Å². The van der Waals surface area contributed by atoms with Gasteiger partial charge >= 0.3 is 5.97 Å². The van der Waals surface area contributed by atoms with Gasteiger partial charge in [0.05, 0.1) is 12.1 Å². The summed E-state index contributed by atoms with van der Waals surface area (Å²) in [6, 6.07) is -1.06. The molecule has 2 atom stereocenters. The normalized spacial score (nSPS) is 15.9. The topological polar surface area (TPSA) is 101 Å². The molecule has 0 heterocycles. The predicted octanol–water partition coefficient (Wildman–Crippen LogP) is -1.10. The van der Waals surface area contributed by atoms with Crippen molar-refractivity contribution in [2.24, 2.45) is 5.73 Å². The lowest BCUT2D eigenvalue weighted by Gasteiger charge is -2.09. The molecule has 0 aliphatic heterocycles. The number of nitrogens with two attached hydrogens (primary N) is 1. The average Bonchev–Trinajstić information content (AvgIpc) is 1.98. The van der Waals surface area contributed by atoms with Gasteiger partial charge in [0.15, 0.2) is 5.78 Å². The average molecular weight is 173 g/mol. The zero-order valence-corrected chi connectivity index (χ0v) is 6.60. The molecule has 12 heavy (non-hydrogen) atoms. The Hall–Kier alpha value is -1.20. The molecule has 0 rings (SSSR count). The molecule has 0 aromatic carbocycles. The molecule has 0 spiro atoms. The van der Waals surface area contributed by atoms with E-state index in [0.29, 0.717) is 6.08 Å². The number of hydrogen-bond acceptors (Lipinski definition) is 4. The Morgan fingerprint density at radius 1 is 1.42 bits per heavy atom. The third kappa shape index (κ3) is 3.85. The molecule has 68 valence electrons. The molecule has 4 N–H and O–H groups in total. The number of ketones is 1. The molecular formula is C7H11NO4. The number of carbonyl (C=O) groups is 2. The van der Waals surface area contributed by atoms with Crippen molar-refractivity contribution in [1.82, 2.24) is 0 Å². The fourth-order valence-electron chi connectivity index (χ4n) is 0.502. The standard InChI is InChI=1S/C7H11NO4/c1-4(9)7(8)5(10)2-3-6(11)12/h2-4,7,9H,8H2,1H3,(H,11,12). The molecular weight excluding hydrogens is 162 g/mol. The van der Waals surface area contributed by atoms with Crippen molar-refractivity contribution >= 4 is 11.8 Å². The quantitative estimate of drug-likeness (QED) is 0.469. The molecule has 0 saturated carbocycles. The molecule has 2 unspecified atom stereocenters. The van der Waals surface area contributed by atoms with E-state index in [4.69, 9.17) is 15.9 Å². The maximum atomic E-state index is 10.9. The van der Waals surface area contributed by atoms with E-state index in [2.05, 4.69) is 0 Å². The summed E-state index contributed by atoms with van der Waals surface area (Å²) in [5.41, 5.74) is 5.20. The van der Waals surface area contributed by atoms with Crippen LogP contribution in [0.4, 0.5) is 0 Å². The zero-order valence-electron chi connectivity index (χ0n) is 6.60. The molecule has 0 aliphatic rings. The summed E-state index contributed by atoms with van der Waals surface area (Å²) in [7, 11) is 0. The third-order valence-electron chi connectivity index (χ3n) is 1.24. The largest absolute Gasteiger partial charge is 0.478 e. The summed E-state index contributed by atoms with van der Waals surface area (Å²) < 4.78 is 0. The van der Waals surface area contributed by atoms with Gasteiger partial charge in [-0.05, 0) is 13.0 Å². The minimum atomic E-state index is -1.22. The number of carboxylic acid groups (broad SMARTS) is 1. The number of aliphatic hydroxyl groups is 1. The van der Waals surface area contributed by atoms with Crippen LogP contribution in [-0.4, -0.2) is 34.1 Å². The minimum Gasteiger partial charge on any atom is -0.478 e. The van der Waals surface area contributed by atoms with Gasteiger partial charge in [-0.3, -0.25) is 4.79 Å². The predicted molar refractivity (Wildman–Crippen MR) is 41.4 cm³/mol. The molecule has 5 nitrogen and oxygen atoms in total. The van der Waals surface area contributed by atoms with E-state index in [1.165, 1.54) is 6.92 Å². The maximum Gasteiger partial charge on any atom is 0.328 e. The van der Waals surface area contributed by atoms with E-state index in [1.807, 2.05) is 0 Å². The van der Waals surface area contributed by atoms with E-state index in [1.54, 1.807) is 0 Å². The summed E-state index contributed by atoms with van der Waals surface area (Å²) in [6.07, 6.45) is 0.542. The van der Waals surface area contributed by atoms with Crippen LogP contribution in [0.2, 0.25) is 0 Å². The van der Waals surface area contributed by atoms with Crippen molar-refractivity contribution in [3.63, 3.8) is 0 Å². The molecule has 0 aromatic rings. The number of aliphatic carboxylic acids is 1. The van der Waals surface area contributed by atoms with Crippen molar-refractivity contribution in [2.75, 3.05) is 0 Å². The second-order valence-corrected chi connectivity index (χ2v) is 2.34. The molecule has 0 aromatic heterocycles. The molecule has 0 aliphatic carbocycles. The lowest BCUT2D eigenvalue weighted by Crippen LogP contribution is -2.39. The third-order valence-corrected chi connectivity index (χ3v) is 1.24. The number of carboxylic acids is 1. The van der Waals surface area contributed by atoms with Gasteiger partial charge < -0.3 is 15.9 Å². The Labute approximate surface area is 69.5 Å². The number of carbonyl (C=O) groups excluding carboxylic acids is 1. The van der Waals surface area contributed by atoms with Gasteiger partial charge in [-0.2, -0.15) is 0 Å². The van der Waals surface area contributed by atoms with Gasteiger partial charge in [0.2, 0.25) is 0 Å². The number of hydrogen-bond donors (Lipinski definition) is 3. The number of aliphatic hydroxyl groups excluding tert-OH is 1. The smallest absolute Gasteiger partial charge is 0.328 e. The van der Waals surface area contributed by atoms with E-state index in [-0.39, 0.29) is 0 Å². The first-order valence-corrected chi connectivity index (χ1v) is 3.33. The SMILES string of the molecule is CC(O)C(N)C(=O)C=CC(=O)O. The van der Waals surface area contributed by atoms with Crippen LogP contribution in [0.15, 0.2) is 12.2 Å². The van der Waals surface area contributed by atoms with Gasteiger partial charge in [0, 0.05) is 6.08 Å². The van der Waals surface area contributed by atoms with Crippen LogP contribution in [-0.2, 0) is 9.59 Å². The Bertz CT molecular complexity index is 209. The van der Waals surface area contributed by atoms with Crippen LogP contribution in [0.3, 0.4) is 0 Å². The van der Waals surface area contributed by atoms with Gasteiger partial charge in [-0.1, -0.05) is 0 Å². The van der Waals surface area contributed by atoms with Crippen molar-refractivity contribution in [1.29, 1.82) is 0 Å². The Kier molecular flexibility index (Phi) is 4.17. The second-order valence-electron chi connectivity index (χ2n) is 2.34. The molecule has 0 saturated heterocycles. The van der Waals surface area contributed by atoms with E-state index in [0.717, 1.165) is 6.08 Å². The van der Waals surface area contributed by atoms with Crippen molar-refractivity contribution in [2.45, 2.75) is 19.1 Å². The Morgan fingerprint density at radius 3 is 2.25 bits per heavy atom. The Morgan fingerprint density at radius 2 is 1.92 bits per heavy atom. The first-order chi connectivity index (χ1) is 5.45. The fourth-order valence-corrected chi connectivity index (χ4v) is 0.502. The van der Waals surface area contributed by atoms with Crippen LogP contribution in [0.5, 0.6) is 0 Å². The fraction of sp³-hybridized carbons (Fsp3) is 0.429. The highest BCUT2D eigenvalue weighted by Crippen LogP contribution is 1.91. The van der Waals surface area contributed by atoms with Crippen molar-refractivity contribution < 1.29 is 19.8 Å². The highest BCUT2D eigenvalue weighted by molar-refractivity contribution is 5.98. The van der Waals surface area contributed by atoms with E-state index < -0.39 is 23.9 Å². The number of rotatable bonds is 4. The maximum absolute atomic E-state index is 10.9. The lowest BCUT2D eigenvalue weighted by atomic mass is 10.1. The molecule has 0 radical (unpaired) electrons. The zero-order chi connectivity index (χ0) is 9.72.